The Morgan fingerprint density at radius 2 is 1.80 bits per heavy atom. The van der Waals surface area contributed by atoms with Gasteiger partial charge in [0.25, 0.3) is 0 Å². The zero-order valence-electron chi connectivity index (χ0n) is 15.2. The predicted molar refractivity (Wildman–Crippen MR) is 99.2 cm³/mol. The minimum absolute atomic E-state index is 0.162. The van der Waals surface area contributed by atoms with Crippen molar-refractivity contribution in [2.45, 2.75) is 45.1 Å². The third kappa shape index (κ3) is 5.43. The number of rotatable bonds is 4. The van der Waals surface area contributed by atoms with Crippen LogP contribution < -0.4 is 10.2 Å². The number of halogens is 1. The number of nitrogens with one attached hydrogen (secondary N) is 1. The zero-order chi connectivity index (χ0) is 17.6. The van der Waals surface area contributed by atoms with Crippen LogP contribution in [0, 0.1) is 11.7 Å². The molecule has 0 aromatic heterocycles. The summed E-state index contributed by atoms with van der Waals surface area (Å²) in [5, 5.41) is 3.22. The Morgan fingerprint density at radius 3 is 2.52 bits per heavy atom. The average Bonchev–Trinajstić information content (AvgIpc) is 2.83. The summed E-state index contributed by atoms with van der Waals surface area (Å²) in [4.78, 5) is 16.9. The largest absolute Gasteiger partial charge is 0.370 e. The van der Waals surface area contributed by atoms with Crippen molar-refractivity contribution in [3.05, 3.63) is 30.1 Å². The molecule has 1 aliphatic carbocycles. The van der Waals surface area contributed by atoms with E-state index in [9.17, 15) is 9.18 Å². The molecule has 1 saturated carbocycles. The van der Waals surface area contributed by atoms with E-state index in [0.29, 0.717) is 12.6 Å². The molecule has 1 saturated heterocycles. The zero-order valence-corrected chi connectivity index (χ0v) is 15.2. The molecule has 1 N–H and O–H groups in total. The van der Waals surface area contributed by atoms with Crippen molar-refractivity contribution in [2.75, 3.05) is 37.6 Å². The first-order chi connectivity index (χ1) is 12.1. The van der Waals surface area contributed by atoms with Gasteiger partial charge < -0.3 is 10.2 Å². The van der Waals surface area contributed by atoms with Gasteiger partial charge in [-0.2, -0.15) is 0 Å². The second-order valence-electron chi connectivity index (χ2n) is 7.62. The van der Waals surface area contributed by atoms with Gasteiger partial charge in [0.15, 0.2) is 0 Å². The first-order valence-corrected chi connectivity index (χ1v) is 9.62. The molecular weight excluding hydrogens is 317 g/mol. The number of anilines is 1. The quantitative estimate of drug-likeness (QED) is 0.909. The van der Waals surface area contributed by atoms with Crippen molar-refractivity contribution >= 4 is 11.6 Å². The maximum atomic E-state index is 13.1. The minimum atomic E-state index is -0.200. The molecule has 138 valence electrons. The molecule has 1 aromatic carbocycles. The average molecular weight is 347 g/mol. The maximum Gasteiger partial charge on any atom is 0.234 e. The maximum absolute atomic E-state index is 13.1. The van der Waals surface area contributed by atoms with Crippen LogP contribution in [0.5, 0.6) is 0 Å². The lowest BCUT2D eigenvalue weighted by atomic mass is 9.87. The van der Waals surface area contributed by atoms with Gasteiger partial charge in [-0.3, -0.25) is 9.69 Å². The van der Waals surface area contributed by atoms with Crippen LogP contribution in [0.25, 0.3) is 0 Å². The van der Waals surface area contributed by atoms with Crippen molar-refractivity contribution < 1.29 is 9.18 Å². The van der Waals surface area contributed by atoms with Crippen molar-refractivity contribution in [1.82, 2.24) is 10.2 Å². The number of amides is 1. The van der Waals surface area contributed by atoms with Gasteiger partial charge >= 0.3 is 0 Å². The third-order valence-corrected chi connectivity index (χ3v) is 5.53. The highest BCUT2D eigenvalue weighted by molar-refractivity contribution is 5.78. The monoisotopic (exact) mass is 347 g/mol. The normalized spacial score (nSPS) is 25.4. The molecule has 1 aliphatic heterocycles. The molecule has 0 spiro atoms. The van der Waals surface area contributed by atoms with Gasteiger partial charge in [0.2, 0.25) is 5.91 Å². The Labute approximate surface area is 150 Å². The van der Waals surface area contributed by atoms with Crippen molar-refractivity contribution in [1.29, 1.82) is 0 Å². The Morgan fingerprint density at radius 1 is 1.08 bits per heavy atom. The highest BCUT2D eigenvalue weighted by Gasteiger charge is 2.22. The number of carbonyl (C=O) groups is 1. The summed E-state index contributed by atoms with van der Waals surface area (Å²) < 4.78 is 13.1. The second kappa shape index (κ2) is 8.65. The highest BCUT2D eigenvalue weighted by Crippen LogP contribution is 2.23. The Bertz CT molecular complexity index is 555. The van der Waals surface area contributed by atoms with Crippen molar-refractivity contribution in [3.63, 3.8) is 0 Å². The van der Waals surface area contributed by atoms with Crippen LogP contribution in [-0.4, -0.2) is 49.6 Å². The lowest BCUT2D eigenvalue weighted by Gasteiger charge is -2.28. The van der Waals surface area contributed by atoms with Crippen LogP contribution in [0.4, 0.5) is 10.1 Å². The number of hydrogen-bond donors (Lipinski definition) is 1. The lowest BCUT2D eigenvalue weighted by molar-refractivity contribution is -0.123. The summed E-state index contributed by atoms with van der Waals surface area (Å²) in [6.07, 6.45) is 5.70. The van der Waals surface area contributed by atoms with E-state index in [1.54, 1.807) is 0 Å². The van der Waals surface area contributed by atoms with Crippen LogP contribution >= 0.6 is 0 Å². The van der Waals surface area contributed by atoms with Crippen molar-refractivity contribution in [3.8, 4) is 0 Å². The van der Waals surface area contributed by atoms with Gasteiger partial charge in [0.05, 0.1) is 6.54 Å². The molecule has 0 atom stereocenters. The Balaban J connectivity index is 1.44. The van der Waals surface area contributed by atoms with Gasteiger partial charge in [-0.05, 0) is 62.3 Å². The summed E-state index contributed by atoms with van der Waals surface area (Å²) in [6, 6.07) is 7.06. The summed E-state index contributed by atoms with van der Waals surface area (Å²) in [6.45, 7) is 6.41. The minimum Gasteiger partial charge on any atom is -0.370 e. The molecule has 0 bridgehead atoms. The van der Waals surface area contributed by atoms with E-state index in [1.807, 2.05) is 12.1 Å². The number of nitrogens with zero attached hydrogens (tertiary/aromatic N) is 2. The fraction of sp³-hybridized carbons (Fsp3) is 0.650. The van der Waals surface area contributed by atoms with Crippen molar-refractivity contribution in [2.24, 2.45) is 5.92 Å². The summed E-state index contributed by atoms with van der Waals surface area (Å²) in [5.41, 5.74) is 1.06. The first-order valence-electron chi connectivity index (χ1n) is 9.62. The van der Waals surface area contributed by atoms with E-state index in [2.05, 4.69) is 22.0 Å². The van der Waals surface area contributed by atoms with E-state index < -0.39 is 0 Å². The van der Waals surface area contributed by atoms with Gasteiger partial charge in [-0.1, -0.05) is 6.92 Å². The summed E-state index contributed by atoms with van der Waals surface area (Å²) in [7, 11) is 0. The fourth-order valence-corrected chi connectivity index (χ4v) is 3.92. The van der Waals surface area contributed by atoms with Gasteiger partial charge in [-0.15, -0.1) is 0 Å². The molecule has 0 radical (unpaired) electrons. The van der Waals surface area contributed by atoms with E-state index in [-0.39, 0.29) is 11.7 Å². The number of benzene rings is 1. The van der Waals surface area contributed by atoms with Gasteiger partial charge in [-0.25, -0.2) is 4.39 Å². The van der Waals surface area contributed by atoms with Crippen LogP contribution in [0.1, 0.15) is 39.0 Å². The highest BCUT2D eigenvalue weighted by atomic mass is 19.1. The van der Waals surface area contributed by atoms with E-state index >= 15 is 0 Å². The van der Waals surface area contributed by atoms with Crippen LogP contribution in [0.15, 0.2) is 24.3 Å². The molecule has 4 nitrogen and oxygen atoms in total. The topological polar surface area (TPSA) is 35.6 Å². The van der Waals surface area contributed by atoms with Crippen LogP contribution in [-0.2, 0) is 4.79 Å². The Kier molecular flexibility index (Phi) is 6.29. The molecule has 0 unspecified atom stereocenters. The molecular formula is C20H30FN3O. The molecule has 5 heteroatoms. The predicted octanol–water partition coefficient (Wildman–Crippen LogP) is 3.03. The molecule has 2 fully saturated rings. The number of carbonyl (C=O) groups excluding carboxylic acids is 1. The second-order valence-corrected chi connectivity index (χ2v) is 7.62. The molecule has 1 heterocycles. The molecule has 25 heavy (non-hydrogen) atoms. The van der Waals surface area contributed by atoms with E-state index in [1.165, 1.54) is 25.0 Å². The Hall–Kier alpha value is -1.62. The molecule has 1 aromatic rings. The van der Waals surface area contributed by atoms with Gasteiger partial charge in [0.1, 0.15) is 5.82 Å². The van der Waals surface area contributed by atoms with E-state index in [4.69, 9.17) is 0 Å². The standard InChI is InChI=1S/C20H30FN3O/c1-16-3-7-18(8-4-16)22-20(25)15-23-11-2-12-24(14-13-23)19-9-5-17(21)6-10-19/h5-6,9-10,16,18H,2-4,7-8,11-15H2,1H3,(H,22,25). The van der Waals surface area contributed by atoms with Gasteiger partial charge in [0, 0.05) is 37.9 Å². The lowest BCUT2D eigenvalue weighted by Crippen LogP contribution is -2.44. The molecule has 3 rings (SSSR count). The SMILES string of the molecule is CC1CCC(NC(=O)CN2CCCN(c3ccc(F)cc3)CC2)CC1. The third-order valence-electron chi connectivity index (χ3n) is 5.53. The smallest absolute Gasteiger partial charge is 0.234 e. The van der Waals surface area contributed by atoms with E-state index in [0.717, 1.165) is 57.0 Å². The summed E-state index contributed by atoms with van der Waals surface area (Å²) in [5.74, 6) is 0.764. The van der Waals surface area contributed by atoms with Crippen LogP contribution in [0.2, 0.25) is 0 Å². The fourth-order valence-electron chi connectivity index (χ4n) is 3.92. The summed E-state index contributed by atoms with van der Waals surface area (Å²) >= 11 is 0. The first kappa shape index (κ1) is 18.2. The molecule has 2 aliphatic rings. The van der Waals surface area contributed by atoms with Crippen LogP contribution in [0.3, 0.4) is 0 Å². The number of hydrogen-bond acceptors (Lipinski definition) is 3. The molecule has 1 amide bonds.